The van der Waals surface area contributed by atoms with Gasteiger partial charge >= 0.3 is 5.97 Å². The molecule has 4 aromatic rings. The van der Waals surface area contributed by atoms with Gasteiger partial charge in [0.15, 0.2) is 5.65 Å². The molecule has 0 atom stereocenters. The Kier molecular flexibility index (Phi) is 4.93. The van der Waals surface area contributed by atoms with E-state index in [9.17, 15) is 4.79 Å². The molecule has 4 rings (SSSR count). The van der Waals surface area contributed by atoms with Crippen LogP contribution in [0.25, 0.3) is 16.7 Å². The first-order valence-corrected chi connectivity index (χ1v) is 8.69. The lowest BCUT2D eigenvalue weighted by Crippen LogP contribution is -1.98. The van der Waals surface area contributed by atoms with Gasteiger partial charge in [0.1, 0.15) is 5.75 Å². The van der Waals surface area contributed by atoms with Crippen molar-refractivity contribution in [1.29, 1.82) is 0 Å². The molecule has 0 saturated heterocycles. The normalized spacial score (nSPS) is 11.2. The molecule has 0 spiro atoms. The van der Waals surface area contributed by atoms with Gasteiger partial charge in [-0.3, -0.25) is 0 Å². The maximum atomic E-state index is 10.9. The lowest BCUT2D eigenvalue weighted by Gasteiger charge is -2.05. The molecule has 9 nitrogen and oxygen atoms in total. The van der Waals surface area contributed by atoms with Gasteiger partial charge in [-0.15, -0.1) is 5.11 Å². The van der Waals surface area contributed by atoms with Crippen LogP contribution in [0.15, 0.2) is 71.2 Å². The van der Waals surface area contributed by atoms with Gasteiger partial charge in [-0.1, -0.05) is 18.2 Å². The van der Waals surface area contributed by atoms with Crippen LogP contribution in [0, 0.1) is 0 Å². The van der Waals surface area contributed by atoms with E-state index in [1.54, 1.807) is 36.3 Å². The lowest BCUT2D eigenvalue weighted by atomic mass is 10.1. The van der Waals surface area contributed by atoms with Gasteiger partial charge in [0.25, 0.3) is 5.95 Å². The summed E-state index contributed by atoms with van der Waals surface area (Å²) in [5.74, 6) is -0.0362. The third-order valence-corrected chi connectivity index (χ3v) is 4.21. The van der Waals surface area contributed by atoms with Crippen molar-refractivity contribution in [3.63, 3.8) is 0 Å². The first kappa shape index (κ1) is 18.2. The first-order chi connectivity index (χ1) is 14.1. The van der Waals surface area contributed by atoms with Crippen molar-refractivity contribution in [2.24, 2.45) is 10.2 Å². The number of nitrogens with zero attached hydrogens (tertiary/aromatic N) is 6. The summed E-state index contributed by atoms with van der Waals surface area (Å²) in [4.78, 5) is 19.5. The molecule has 0 unspecified atom stereocenters. The Hall–Kier alpha value is -4.14. The maximum absolute atomic E-state index is 10.9. The van der Waals surface area contributed by atoms with Crippen LogP contribution in [-0.2, 0) is 6.54 Å². The highest BCUT2D eigenvalue weighted by molar-refractivity contribution is 5.87. The molecule has 29 heavy (non-hydrogen) atoms. The fraction of sp³-hybridized carbons (Fsp3) is 0.100. The van der Waals surface area contributed by atoms with Gasteiger partial charge in [0, 0.05) is 12.3 Å². The summed E-state index contributed by atoms with van der Waals surface area (Å²) >= 11 is 0. The number of hydrogen-bond donors (Lipinski definition) is 1. The van der Waals surface area contributed by atoms with Crippen molar-refractivity contribution in [3.8, 4) is 11.4 Å². The van der Waals surface area contributed by atoms with Gasteiger partial charge in [-0.05, 0) is 29.8 Å². The van der Waals surface area contributed by atoms with Crippen LogP contribution in [-0.4, -0.2) is 37.9 Å². The van der Waals surface area contributed by atoms with E-state index in [1.807, 2.05) is 24.3 Å². The fourth-order valence-electron chi connectivity index (χ4n) is 2.72. The largest absolute Gasteiger partial charge is 0.497 e. The zero-order valence-corrected chi connectivity index (χ0v) is 15.4. The average Bonchev–Trinajstić information content (AvgIpc) is 3.17. The molecule has 2 aromatic carbocycles. The second-order valence-electron chi connectivity index (χ2n) is 6.11. The second kappa shape index (κ2) is 7.85. The van der Waals surface area contributed by atoms with Crippen LogP contribution in [0.4, 0.5) is 5.95 Å². The molecule has 2 aromatic heterocycles. The number of hydrogen-bond acceptors (Lipinski definition) is 7. The minimum atomic E-state index is -0.965. The number of methoxy groups -OCH3 is 1. The lowest BCUT2D eigenvalue weighted by molar-refractivity contribution is 0.0697. The number of carbonyl (C=O) groups is 1. The quantitative estimate of drug-likeness (QED) is 0.502. The molecular weight excluding hydrogens is 372 g/mol. The molecule has 0 aliphatic rings. The van der Waals surface area contributed by atoms with E-state index in [2.05, 4.69) is 25.3 Å². The van der Waals surface area contributed by atoms with Gasteiger partial charge in [0.2, 0.25) is 0 Å². The highest BCUT2D eigenvalue weighted by Gasteiger charge is 2.09. The Morgan fingerprint density at radius 3 is 2.76 bits per heavy atom. The molecular formula is C20H16N6O3. The predicted molar refractivity (Wildman–Crippen MR) is 105 cm³/mol. The highest BCUT2D eigenvalue weighted by atomic mass is 16.5. The molecule has 0 aliphatic carbocycles. The van der Waals surface area contributed by atoms with Crippen LogP contribution in [0.1, 0.15) is 15.9 Å². The van der Waals surface area contributed by atoms with E-state index >= 15 is 0 Å². The van der Waals surface area contributed by atoms with Crippen molar-refractivity contribution >= 4 is 23.0 Å². The number of rotatable bonds is 6. The summed E-state index contributed by atoms with van der Waals surface area (Å²) < 4.78 is 6.95. The molecule has 0 amide bonds. The highest BCUT2D eigenvalue weighted by Crippen LogP contribution is 2.21. The van der Waals surface area contributed by atoms with E-state index in [-0.39, 0.29) is 18.1 Å². The summed E-state index contributed by atoms with van der Waals surface area (Å²) in [7, 11) is 1.61. The molecule has 0 saturated carbocycles. The van der Waals surface area contributed by atoms with Gasteiger partial charge < -0.3 is 9.84 Å². The molecule has 0 bridgehead atoms. The third-order valence-electron chi connectivity index (χ3n) is 4.21. The summed E-state index contributed by atoms with van der Waals surface area (Å²) in [5.41, 5.74) is 2.47. The molecule has 0 fully saturated rings. The SMILES string of the molecule is COc1cccc(-n2ncc3cnc(N=NCc4ccc(C(=O)O)cc4)nc32)c1. The van der Waals surface area contributed by atoms with E-state index in [1.165, 1.54) is 12.1 Å². The van der Waals surface area contributed by atoms with Crippen molar-refractivity contribution < 1.29 is 14.6 Å². The number of fused-ring (bicyclic) bond motifs is 1. The molecule has 9 heteroatoms. The Labute approximate surface area is 165 Å². The molecule has 2 heterocycles. The van der Waals surface area contributed by atoms with Gasteiger partial charge in [-0.2, -0.15) is 15.2 Å². The van der Waals surface area contributed by atoms with Crippen LogP contribution < -0.4 is 4.74 Å². The number of ether oxygens (including phenoxy) is 1. The van der Waals surface area contributed by atoms with Crippen LogP contribution in [0.5, 0.6) is 5.75 Å². The number of benzene rings is 2. The van der Waals surface area contributed by atoms with Crippen molar-refractivity contribution in [2.45, 2.75) is 6.54 Å². The van der Waals surface area contributed by atoms with Crippen LogP contribution in [0.2, 0.25) is 0 Å². The number of aromatic nitrogens is 4. The zero-order chi connectivity index (χ0) is 20.2. The number of aromatic carboxylic acids is 1. The number of azo groups is 1. The molecule has 0 radical (unpaired) electrons. The van der Waals surface area contributed by atoms with E-state index in [0.29, 0.717) is 11.4 Å². The maximum Gasteiger partial charge on any atom is 0.335 e. The van der Waals surface area contributed by atoms with Crippen LogP contribution in [0.3, 0.4) is 0 Å². The van der Waals surface area contributed by atoms with Crippen molar-refractivity contribution in [1.82, 2.24) is 19.7 Å². The number of carboxylic acids is 1. The predicted octanol–water partition coefficient (Wildman–Crippen LogP) is 3.81. The first-order valence-electron chi connectivity index (χ1n) is 8.69. The Bertz CT molecular complexity index is 1200. The second-order valence-corrected chi connectivity index (χ2v) is 6.11. The van der Waals surface area contributed by atoms with E-state index < -0.39 is 5.97 Å². The minimum Gasteiger partial charge on any atom is -0.497 e. The third kappa shape index (κ3) is 3.93. The monoisotopic (exact) mass is 388 g/mol. The summed E-state index contributed by atoms with van der Waals surface area (Å²) in [6.45, 7) is 0.288. The van der Waals surface area contributed by atoms with E-state index in [4.69, 9.17) is 9.84 Å². The van der Waals surface area contributed by atoms with Crippen molar-refractivity contribution in [2.75, 3.05) is 7.11 Å². The molecule has 144 valence electrons. The minimum absolute atomic E-state index is 0.212. The standard InChI is InChI=1S/C20H16N6O3/c1-29-17-4-2-3-16(9-17)26-18-15(12-23-26)11-21-20(24-18)25-22-10-13-5-7-14(8-6-13)19(27)28/h2-9,11-12H,10H2,1H3,(H,27,28). The summed E-state index contributed by atoms with van der Waals surface area (Å²) in [6, 6.07) is 13.9. The molecule has 0 aliphatic heterocycles. The summed E-state index contributed by atoms with van der Waals surface area (Å²) in [6.07, 6.45) is 3.32. The van der Waals surface area contributed by atoms with Crippen molar-refractivity contribution in [3.05, 3.63) is 72.1 Å². The van der Waals surface area contributed by atoms with Gasteiger partial charge in [-0.25, -0.2) is 14.5 Å². The number of carboxylic acid groups (broad SMARTS) is 1. The molecule has 1 N–H and O–H groups in total. The Morgan fingerprint density at radius 1 is 1.17 bits per heavy atom. The Balaban J connectivity index is 1.56. The van der Waals surface area contributed by atoms with E-state index in [0.717, 1.165) is 16.6 Å². The topological polar surface area (TPSA) is 115 Å². The zero-order valence-electron chi connectivity index (χ0n) is 15.4. The smallest absolute Gasteiger partial charge is 0.335 e. The Morgan fingerprint density at radius 2 is 2.00 bits per heavy atom. The van der Waals surface area contributed by atoms with Crippen LogP contribution >= 0.6 is 0 Å². The van der Waals surface area contributed by atoms with Gasteiger partial charge in [0.05, 0.1) is 36.5 Å². The summed E-state index contributed by atoms with van der Waals surface area (Å²) in [5, 5.41) is 22.3. The fourth-order valence-corrected chi connectivity index (χ4v) is 2.72. The average molecular weight is 388 g/mol.